The fourth-order valence-electron chi connectivity index (χ4n) is 4.10. The van der Waals surface area contributed by atoms with Gasteiger partial charge in [0, 0.05) is 56.6 Å². The summed E-state index contributed by atoms with van der Waals surface area (Å²) in [6, 6.07) is 10.5. The molecule has 3 aromatic rings. The van der Waals surface area contributed by atoms with Gasteiger partial charge in [-0.15, -0.1) is 11.3 Å². The van der Waals surface area contributed by atoms with Gasteiger partial charge in [0.2, 0.25) is 5.91 Å². The van der Waals surface area contributed by atoms with Gasteiger partial charge in [-0.3, -0.25) is 14.7 Å². The summed E-state index contributed by atoms with van der Waals surface area (Å²) in [5, 5.41) is 4.47. The number of carbonyl (C=O) groups excluding carboxylic acids is 1. The number of carbonyl (C=O) groups is 1. The number of benzene rings is 1. The van der Waals surface area contributed by atoms with Crippen molar-refractivity contribution in [3.8, 4) is 0 Å². The first kappa shape index (κ1) is 19.0. The zero-order chi connectivity index (χ0) is 19.5. The topological polar surface area (TPSA) is 49.3 Å². The predicted molar refractivity (Wildman–Crippen MR) is 113 cm³/mol. The number of nitrogens with zero attached hydrogens (tertiary/aromatic N) is 4. The highest BCUT2D eigenvalue weighted by molar-refractivity contribution is 7.09. The van der Waals surface area contributed by atoms with Crippen LogP contribution >= 0.6 is 11.3 Å². The molecule has 1 aliphatic heterocycles. The van der Waals surface area contributed by atoms with Crippen LogP contribution in [0.3, 0.4) is 0 Å². The van der Waals surface area contributed by atoms with Crippen LogP contribution in [0.15, 0.2) is 41.9 Å². The Morgan fingerprint density at radius 1 is 1.21 bits per heavy atom. The Labute approximate surface area is 170 Å². The second kappa shape index (κ2) is 8.37. The lowest BCUT2D eigenvalue weighted by atomic mass is 9.95. The summed E-state index contributed by atoms with van der Waals surface area (Å²) in [6.45, 7) is 8.03. The third kappa shape index (κ3) is 4.39. The summed E-state index contributed by atoms with van der Waals surface area (Å²) >= 11 is 1.70. The molecule has 0 aliphatic carbocycles. The van der Waals surface area contributed by atoms with Gasteiger partial charge in [0.05, 0.1) is 16.2 Å². The van der Waals surface area contributed by atoms with Gasteiger partial charge in [-0.05, 0) is 37.0 Å². The monoisotopic (exact) mass is 394 g/mol. The maximum Gasteiger partial charge on any atom is 0.219 e. The summed E-state index contributed by atoms with van der Waals surface area (Å²) in [6.07, 6.45) is 2.78. The van der Waals surface area contributed by atoms with Crippen molar-refractivity contribution in [2.75, 3.05) is 26.2 Å². The number of pyridine rings is 1. The fourth-order valence-corrected chi connectivity index (χ4v) is 4.71. The Morgan fingerprint density at radius 3 is 2.89 bits per heavy atom. The quantitative estimate of drug-likeness (QED) is 0.679. The van der Waals surface area contributed by atoms with Gasteiger partial charge < -0.3 is 4.90 Å². The summed E-state index contributed by atoms with van der Waals surface area (Å²) in [5.74, 6) is 0.549. The number of thiazole rings is 1. The van der Waals surface area contributed by atoms with E-state index in [9.17, 15) is 4.79 Å². The molecule has 1 aliphatic rings. The number of hydrogen-bond donors (Lipinski definition) is 0. The van der Waals surface area contributed by atoms with Crippen LogP contribution in [0.4, 0.5) is 0 Å². The zero-order valence-electron chi connectivity index (χ0n) is 16.5. The first-order chi connectivity index (χ1) is 13.6. The molecular weight excluding hydrogens is 368 g/mol. The minimum absolute atomic E-state index is 0.163. The van der Waals surface area contributed by atoms with Crippen LogP contribution in [0.1, 0.15) is 23.2 Å². The minimum Gasteiger partial charge on any atom is -0.341 e. The van der Waals surface area contributed by atoms with Crippen molar-refractivity contribution < 1.29 is 4.79 Å². The van der Waals surface area contributed by atoms with Crippen LogP contribution in [-0.4, -0.2) is 51.9 Å². The van der Waals surface area contributed by atoms with Crippen molar-refractivity contribution in [1.82, 2.24) is 19.8 Å². The Balaban J connectivity index is 1.56. The van der Waals surface area contributed by atoms with E-state index in [0.29, 0.717) is 5.92 Å². The molecule has 5 nitrogen and oxygen atoms in total. The van der Waals surface area contributed by atoms with Crippen LogP contribution in [0.2, 0.25) is 0 Å². The van der Waals surface area contributed by atoms with E-state index < -0.39 is 0 Å². The van der Waals surface area contributed by atoms with Crippen molar-refractivity contribution >= 4 is 28.1 Å². The molecular formula is C22H26N4OS. The first-order valence-corrected chi connectivity index (χ1v) is 10.7. The lowest BCUT2D eigenvalue weighted by molar-refractivity contribution is -0.129. The molecule has 0 spiro atoms. The molecule has 0 N–H and O–H groups in total. The van der Waals surface area contributed by atoms with E-state index in [1.807, 2.05) is 24.1 Å². The molecule has 1 atom stereocenters. The predicted octanol–water partition coefficient (Wildman–Crippen LogP) is 3.52. The van der Waals surface area contributed by atoms with Crippen molar-refractivity contribution in [1.29, 1.82) is 0 Å². The number of aromatic nitrogens is 2. The Bertz CT molecular complexity index is 965. The molecule has 1 fully saturated rings. The minimum atomic E-state index is 0.163. The van der Waals surface area contributed by atoms with Crippen molar-refractivity contribution in [2.24, 2.45) is 5.92 Å². The normalized spacial score (nSPS) is 18.4. The highest BCUT2D eigenvalue weighted by atomic mass is 32.1. The molecule has 2 aromatic heterocycles. The van der Waals surface area contributed by atoms with Gasteiger partial charge in [0.25, 0.3) is 0 Å². The van der Waals surface area contributed by atoms with Crippen LogP contribution < -0.4 is 0 Å². The summed E-state index contributed by atoms with van der Waals surface area (Å²) in [7, 11) is 0. The lowest BCUT2D eigenvalue weighted by Crippen LogP contribution is -2.34. The van der Waals surface area contributed by atoms with E-state index in [4.69, 9.17) is 0 Å². The van der Waals surface area contributed by atoms with Crippen LogP contribution in [0, 0.1) is 12.8 Å². The van der Waals surface area contributed by atoms with Gasteiger partial charge in [-0.2, -0.15) is 0 Å². The van der Waals surface area contributed by atoms with Crippen molar-refractivity contribution in [2.45, 2.75) is 26.8 Å². The summed E-state index contributed by atoms with van der Waals surface area (Å²) in [4.78, 5) is 25.7. The van der Waals surface area contributed by atoms with Gasteiger partial charge in [0.15, 0.2) is 0 Å². The van der Waals surface area contributed by atoms with E-state index in [1.54, 1.807) is 18.3 Å². The number of aryl methyl sites for hydroxylation is 1. The average Bonchev–Trinajstić information content (AvgIpc) is 2.98. The second-order valence-electron chi connectivity index (χ2n) is 7.62. The van der Waals surface area contributed by atoms with Crippen molar-refractivity contribution in [3.63, 3.8) is 0 Å². The third-order valence-electron chi connectivity index (χ3n) is 5.42. The Kier molecular flexibility index (Phi) is 5.69. The van der Waals surface area contributed by atoms with E-state index in [0.717, 1.165) is 55.4 Å². The van der Waals surface area contributed by atoms with E-state index >= 15 is 0 Å². The largest absolute Gasteiger partial charge is 0.341 e. The van der Waals surface area contributed by atoms with Gasteiger partial charge >= 0.3 is 0 Å². The molecule has 0 bridgehead atoms. The molecule has 146 valence electrons. The number of amides is 1. The smallest absolute Gasteiger partial charge is 0.219 e. The third-order valence-corrected chi connectivity index (χ3v) is 6.25. The number of fused-ring (bicyclic) bond motifs is 1. The molecule has 1 unspecified atom stereocenters. The molecule has 1 amide bonds. The molecule has 6 heteroatoms. The SMILES string of the molecule is CC(=O)N1CCN(Cc2csc(C)n2)CC(Cc2cccc3ncccc23)C1. The maximum absolute atomic E-state index is 12.1. The van der Waals surface area contributed by atoms with Gasteiger partial charge in [-0.25, -0.2) is 4.98 Å². The van der Waals surface area contributed by atoms with Gasteiger partial charge in [-0.1, -0.05) is 18.2 Å². The molecule has 3 heterocycles. The molecule has 0 radical (unpaired) electrons. The van der Waals surface area contributed by atoms with E-state index in [1.165, 1.54) is 10.9 Å². The average molecular weight is 395 g/mol. The molecule has 1 saturated heterocycles. The van der Waals surface area contributed by atoms with Crippen LogP contribution in [0.25, 0.3) is 10.9 Å². The molecule has 1 aromatic carbocycles. The summed E-state index contributed by atoms with van der Waals surface area (Å²) in [5.41, 5.74) is 3.48. The van der Waals surface area contributed by atoms with Gasteiger partial charge in [0.1, 0.15) is 0 Å². The number of rotatable bonds is 4. The maximum atomic E-state index is 12.1. The van der Waals surface area contributed by atoms with Crippen molar-refractivity contribution in [3.05, 3.63) is 58.2 Å². The molecule has 4 rings (SSSR count). The fraction of sp³-hybridized carbons (Fsp3) is 0.409. The standard InChI is InChI=1S/C22H26N4OS/c1-16-24-20(15-28-16)14-25-9-10-26(17(2)27)13-18(12-25)11-19-5-3-7-22-21(19)6-4-8-23-22/h3-8,15,18H,9-14H2,1-2H3. The molecule has 0 saturated carbocycles. The Hall–Kier alpha value is -2.31. The summed E-state index contributed by atoms with van der Waals surface area (Å²) < 4.78 is 0. The van der Waals surface area contributed by atoms with Crippen LogP contribution in [0.5, 0.6) is 0 Å². The van der Waals surface area contributed by atoms with E-state index in [2.05, 4.69) is 44.5 Å². The zero-order valence-corrected chi connectivity index (χ0v) is 17.3. The van der Waals surface area contributed by atoms with Crippen LogP contribution in [-0.2, 0) is 17.8 Å². The number of hydrogen-bond acceptors (Lipinski definition) is 5. The molecule has 28 heavy (non-hydrogen) atoms. The van der Waals surface area contributed by atoms with E-state index in [-0.39, 0.29) is 5.91 Å². The highest BCUT2D eigenvalue weighted by Gasteiger charge is 2.25. The Morgan fingerprint density at radius 2 is 2.11 bits per heavy atom. The lowest BCUT2D eigenvalue weighted by Gasteiger charge is -2.24. The first-order valence-electron chi connectivity index (χ1n) is 9.80. The highest BCUT2D eigenvalue weighted by Crippen LogP contribution is 2.23. The second-order valence-corrected chi connectivity index (χ2v) is 8.68.